The van der Waals surface area contributed by atoms with E-state index < -0.39 is 40.6 Å². The van der Waals surface area contributed by atoms with Crippen molar-refractivity contribution < 1.29 is 40.4 Å². The van der Waals surface area contributed by atoms with Crippen LogP contribution in [0.25, 0.3) is 0 Å². The summed E-state index contributed by atoms with van der Waals surface area (Å²) in [7, 11) is 0.991. The first kappa shape index (κ1) is 27.5. The minimum atomic E-state index is -5.34. The maximum absolute atomic E-state index is 12.9. The van der Waals surface area contributed by atoms with Gasteiger partial charge in [-0.25, -0.2) is 17.9 Å². The van der Waals surface area contributed by atoms with Gasteiger partial charge < -0.3 is 9.22 Å². The maximum Gasteiger partial charge on any atom is 0.491 e. The van der Waals surface area contributed by atoms with E-state index in [0.717, 1.165) is 22.5 Å². The molecule has 0 aliphatic rings. The molecule has 34 heavy (non-hydrogen) atoms. The minimum absolute atomic E-state index is 0.0417. The molecule has 0 radical (unpaired) electrons. The van der Waals surface area contributed by atoms with Crippen LogP contribution in [0.2, 0.25) is 0 Å². The Morgan fingerprint density at radius 2 is 1.71 bits per heavy atom. The van der Waals surface area contributed by atoms with Crippen LogP contribution in [-0.4, -0.2) is 64.7 Å². The van der Waals surface area contributed by atoms with Crippen LogP contribution in [-0.2, 0) is 24.3 Å². The number of carbonyl (C=O) groups excluding carboxylic acids is 2. The Bertz CT molecular complexity index is 1200. The average Bonchev–Trinajstić information content (AvgIpc) is 3.15. The zero-order chi connectivity index (χ0) is 25.7. The van der Waals surface area contributed by atoms with Crippen molar-refractivity contribution in [1.82, 2.24) is 4.72 Å². The number of ether oxygens (including phenoxy) is 1. The van der Waals surface area contributed by atoms with Gasteiger partial charge in [-0.3, -0.25) is 4.79 Å². The third-order valence-corrected chi connectivity index (χ3v) is 7.18. The van der Waals surface area contributed by atoms with E-state index in [9.17, 15) is 31.2 Å². The predicted octanol–water partition coefficient (Wildman–Crippen LogP) is 2.83. The van der Waals surface area contributed by atoms with Crippen molar-refractivity contribution in [2.75, 3.05) is 27.7 Å². The molecule has 7 nitrogen and oxygen atoms in total. The molecule has 1 N–H and O–H groups in total. The molecule has 2 aromatic rings. The normalized spacial score (nSPS) is 13.0. The van der Waals surface area contributed by atoms with Gasteiger partial charge in [-0.1, -0.05) is 29.5 Å². The summed E-state index contributed by atoms with van der Waals surface area (Å²) in [5.74, 6) is 1.69. The molecule has 1 atom stereocenters. The van der Waals surface area contributed by atoms with E-state index >= 15 is 0 Å². The molecular weight excluding hydrogens is 493 g/mol. The molecule has 12 heteroatoms. The molecule has 0 unspecified atom stereocenters. The second kappa shape index (κ2) is 10.7. The summed E-state index contributed by atoms with van der Waals surface area (Å²) in [5.41, 5.74) is 1.84. The Morgan fingerprint density at radius 3 is 2.26 bits per heavy atom. The first-order valence-electron chi connectivity index (χ1n) is 9.88. The molecule has 0 fully saturated rings. The van der Waals surface area contributed by atoms with E-state index in [1.165, 1.54) is 12.1 Å². The van der Waals surface area contributed by atoms with E-state index in [4.69, 9.17) is 0 Å². The fourth-order valence-electron chi connectivity index (χ4n) is 2.79. The summed E-state index contributed by atoms with van der Waals surface area (Å²) in [6.45, 7) is 1.99. The highest BCUT2D eigenvalue weighted by molar-refractivity contribution is 7.91. The summed E-state index contributed by atoms with van der Waals surface area (Å²) >= 11 is 0.907. The van der Waals surface area contributed by atoms with Gasteiger partial charge in [-0.05, 0) is 31.2 Å². The van der Waals surface area contributed by atoms with Gasteiger partial charge >= 0.3 is 18.1 Å². The van der Waals surface area contributed by atoms with Crippen molar-refractivity contribution >= 4 is 33.3 Å². The molecule has 2 rings (SSSR count). The van der Waals surface area contributed by atoms with Crippen molar-refractivity contribution in [3.63, 3.8) is 0 Å². The first-order valence-corrected chi connectivity index (χ1v) is 12.2. The van der Waals surface area contributed by atoms with Crippen LogP contribution in [0, 0.1) is 18.8 Å². The van der Waals surface area contributed by atoms with Crippen LogP contribution >= 0.6 is 11.3 Å². The van der Waals surface area contributed by atoms with Crippen LogP contribution in [0.4, 0.5) is 13.2 Å². The number of halogens is 3. The number of esters is 2. The van der Waals surface area contributed by atoms with Gasteiger partial charge in [0.25, 0.3) is 10.0 Å². The SMILES string of the molecule is Cc1ccc(C#Cc2ccc(S(=O)(=O)N[C@H](CC(=O)OC(=O)C(F)(F)F)C[N+](C)(C)C)s2)cc1. The fraction of sp³-hybridized carbons (Fsp3) is 0.364. The van der Waals surface area contributed by atoms with E-state index in [1.54, 1.807) is 21.1 Å². The van der Waals surface area contributed by atoms with Crippen LogP contribution in [0.1, 0.15) is 22.4 Å². The number of carbonyl (C=O) groups is 2. The van der Waals surface area contributed by atoms with Crippen LogP contribution < -0.4 is 4.72 Å². The highest BCUT2D eigenvalue weighted by Gasteiger charge is 2.43. The lowest BCUT2D eigenvalue weighted by atomic mass is 10.1. The number of quaternary nitrogens is 1. The molecule has 0 saturated carbocycles. The lowest BCUT2D eigenvalue weighted by Gasteiger charge is -2.29. The zero-order valence-electron chi connectivity index (χ0n) is 18.9. The van der Waals surface area contributed by atoms with Gasteiger partial charge in [-0.15, -0.1) is 11.3 Å². The number of alkyl halides is 3. The summed E-state index contributed by atoms with van der Waals surface area (Å²) in [5, 5.41) is 0. The number of hydrogen-bond donors (Lipinski definition) is 1. The summed E-state index contributed by atoms with van der Waals surface area (Å²) in [6.07, 6.45) is -6.10. The highest BCUT2D eigenvalue weighted by atomic mass is 32.2. The lowest BCUT2D eigenvalue weighted by Crippen LogP contribution is -2.49. The van der Waals surface area contributed by atoms with Crippen molar-refractivity contribution in [1.29, 1.82) is 0 Å². The smallest absolute Gasteiger partial charge is 0.386 e. The zero-order valence-corrected chi connectivity index (χ0v) is 20.5. The third-order valence-electron chi connectivity index (χ3n) is 4.17. The highest BCUT2D eigenvalue weighted by Crippen LogP contribution is 2.22. The van der Waals surface area contributed by atoms with Crippen LogP contribution in [0.5, 0.6) is 0 Å². The molecule has 0 aliphatic heterocycles. The molecule has 1 aromatic carbocycles. The van der Waals surface area contributed by atoms with Crippen molar-refractivity contribution in [3.05, 3.63) is 52.4 Å². The van der Waals surface area contributed by atoms with Crippen molar-refractivity contribution in [3.8, 4) is 11.8 Å². The van der Waals surface area contributed by atoms with Gasteiger partial charge in [-0.2, -0.15) is 13.2 Å². The molecule has 0 bridgehead atoms. The topological polar surface area (TPSA) is 89.5 Å². The average molecular weight is 518 g/mol. The minimum Gasteiger partial charge on any atom is -0.386 e. The van der Waals surface area contributed by atoms with E-state index in [0.29, 0.717) is 4.88 Å². The van der Waals surface area contributed by atoms with Gasteiger partial charge in [0.1, 0.15) is 4.21 Å². The molecule has 1 aromatic heterocycles. The molecule has 1 heterocycles. The molecule has 0 amide bonds. The van der Waals surface area contributed by atoms with Crippen molar-refractivity contribution in [2.24, 2.45) is 0 Å². The number of sulfonamides is 1. The molecule has 0 spiro atoms. The Labute approximate surface area is 200 Å². The molecule has 184 valence electrons. The second-order valence-corrected chi connectivity index (χ2v) is 11.5. The fourth-order valence-corrected chi connectivity index (χ4v) is 5.19. The summed E-state index contributed by atoms with van der Waals surface area (Å²) in [6, 6.07) is 9.24. The van der Waals surface area contributed by atoms with Gasteiger partial charge in [0.15, 0.2) is 0 Å². The number of likely N-dealkylation sites (N-methyl/N-ethyl adjacent to an activating group) is 1. The van der Waals surface area contributed by atoms with Crippen LogP contribution in [0.15, 0.2) is 40.6 Å². The standard InChI is InChI=1S/C22H24F3N2O5S2/c1-15-5-7-16(8-6-15)9-10-18-11-12-20(33-18)34(30,31)26-17(14-27(2,3)4)13-19(28)32-21(29)22(23,24)25/h5-8,11-12,17,26H,13-14H2,1-4H3/q+1/t17-/m1/s1. The predicted molar refractivity (Wildman–Crippen MR) is 120 cm³/mol. The molecule has 0 saturated heterocycles. The first-order chi connectivity index (χ1) is 15.5. The Balaban J connectivity index is 2.17. The van der Waals surface area contributed by atoms with E-state index in [1.807, 2.05) is 31.2 Å². The number of hydrogen-bond acceptors (Lipinski definition) is 6. The largest absolute Gasteiger partial charge is 0.491 e. The van der Waals surface area contributed by atoms with Crippen LogP contribution in [0.3, 0.4) is 0 Å². The number of nitrogens with zero attached hydrogens (tertiary/aromatic N) is 1. The monoisotopic (exact) mass is 517 g/mol. The second-order valence-electron chi connectivity index (χ2n) is 8.49. The lowest BCUT2D eigenvalue weighted by molar-refractivity contribution is -0.871. The van der Waals surface area contributed by atoms with Gasteiger partial charge in [0.2, 0.25) is 0 Å². The number of nitrogens with one attached hydrogen (secondary N) is 1. The number of benzene rings is 1. The quantitative estimate of drug-likeness (QED) is 0.264. The van der Waals surface area contributed by atoms with Gasteiger partial charge in [0, 0.05) is 5.56 Å². The summed E-state index contributed by atoms with van der Waals surface area (Å²) < 4.78 is 69.0. The van der Waals surface area contributed by atoms with Gasteiger partial charge in [0.05, 0.1) is 45.0 Å². The Hall–Kier alpha value is -2.72. The Morgan fingerprint density at radius 1 is 1.09 bits per heavy atom. The van der Waals surface area contributed by atoms with E-state index in [2.05, 4.69) is 21.3 Å². The maximum atomic E-state index is 12.9. The number of aryl methyl sites for hydroxylation is 1. The number of thiophene rings is 1. The Kier molecular flexibility index (Phi) is 8.65. The molecular formula is C22H24F3N2O5S2+. The third kappa shape index (κ3) is 8.90. The summed E-state index contributed by atoms with van der Waals surface area (Å²) in [4.78, 5) is 23.3. The van der Waals surface area contributed by atoms with E-state index in [-0.39, 0.29) is 15.2 Å². The van der Waals surface area contributed by atoms with Crippen molar-refractivity contribution in [2.45, 2.75) is 29.8 Å². The molecule has 0 aliphatic carbocycles. The number of rotatable bonds is 7.